The molecule has 168 valence electrons. The lowest BCUT2D eigenvalue weighted by Gasteiger charge is -2.22. The first-order chi connectivity index (χ1) is 14.6. The molecule has 0 heterocycles. The number of hydrogen-bond acceptors (Lipinski definition) is 3. The van der Waals surface area contributed by atoms with E-state index in [1.54, 1.807) is 36.4 Å². The Kier molecular flexibility index (Phi) is 8.62. The van der Waals surface area contributed by atoms with Crippen molar-refractivity contribution in [3.63, 3.8) is 0 Å². The normalized spacial score (nSPS) is 12.5. The molecule has 2 amide bonds. The van der Waals surface area contributed by atoms with Gasteiger partial charge < -0.3 is 15.4 Å². The number of carbonyl (C=O) groups excluding carboxylic acids is 2. The predicted octanol–water partition coefficient (Wildman–Crippen LogP) is 4.14. The molecule has 31 heavy (non-hydrogen) atoms. The van der Waals surface area contributed by atoms with E-state index < -0.39 is 18.8 Å². The first-order valence-electron chi connectivity index (χ1n) is 9.93. The van der Waals surface area contributed by atoms with E-state index in [-0.39, 0.29) is 30.9 Å². The molecule has 0 spiro atoms. The third-order valence-corrected chi connectivity index (χ3v) is 4.65. The van der Waals surface area contributed by atoms with Gasteiger partial charge in [-0.1, -0.05) is 56.3 Å². The van der Waals surface area contributed by atoms with Crippen LogP contribution in [0.3, 0.4) is 0 Å². The van der Waals surface area contributed by atoms with Crippen LogP contribution in [0.5, 0.6) is 0 Å². The molecule has 0 aliphatic carbocycles. The molecule has 0 fully saturated rings. The molecule has 0 saturated heterocycles. The minimum Gasteiger partial charge on any atom is -0.367 e. The van der Waals surface area contributed by atoms with E-state index in [9.17, 15) is 22.8 Å². The van der Waals surface area contributed by atoms with Crippen LogP contribution >= 0.6 is 0 Å². The zero-order valence-electron chi connectivity index (χ0n) is 17.8. The minimum absolute atomic E-state index is 0.124. The van der Waals surface area contributed by atoms with Crippen LogP contribution in [-0.4, -0.2) is 30.6 Å². The maximum atomic E-state index is 12.7. The fraction of sp³-hybridized carbons (Fsp3) is 0.391. The zero-order chi connectivity index (χ0) is 23.0. The number of hydrogen-bond donors (Lipinski definition) is 2. The van der Waals surface area contributed by atoms with Gasteiger partial charge in [0.2, 0.25) is 5.91 Å². The van der Waals surface area contributed by atoms with Crippen LogP contribution in [-0.2, 0) is 22.7 Å². The summed E-state index contributed by atoms with van der Waals surface area (Å²) in [4.78, 5) is 25.2. The van der Waals surface area contributed by atoms with E-state index in [0.29, 0.717) is 11.1 Å². The first-order valence-corrected chi connectivity index (χ1v) is 9.93. The van der Waals surface area contributed by atoms with Gasteiger partial charge in [-0.05, 0) is 35.6 Å². The summed E-state index contributed by atoms with van der Waals surface area (Å²) in [5.74, 6) is -0.745. The highest BCUT2D eigenvalue weighted by molar-refractivity contribution is 5.98. The van der Waals surface area contributed by atoms with Crippen molar-refractivity contribution >= 4 is 11.8 Å². The van der Waals surface area contributed by atoms with Crippen LogP contribution in [0.4, 0.5) is 13.2 Å². The van der Waals surface area contributed by atoms with Gasteiger partial charge in [-0.25, -0.2) is 0 Å². The minimum atomic E-state index is -4.36. The van der Waals surface area contributed by atoms with Crippen LogP contribution in [0.15, 0.2) is 48.5 Å². The van der Waals surface area contributed by atoms with Gasteiger partial charge in [-0.3, -0.25) is 9.59 Å². The van der Waals surface area contributed by atoms with Crippen molar-refractivity contribution in [2.24, 2.45) is 5.92 Å². The first kappa shape index (κ1) is 24.4. The Balaban J connectivity index is 1.90. The number of amides is 2. The molecule has 0 bridgehead atoms. The second-order valence-electron chi connectivity index (χ2n) is 7.65. The van der Waals surface area contributed by atoms with Crippen molar-refractivity contribution in [1.29, 1.82) is 0 Å². The lowest BCUT2D eigenvalue weighted by Crippen LogP contribution is -2.49. The molecule has 0 aliphatic rings. The molecule has 5 nitrogen and oxygen atoms in total. The Hall–Kier alpha value is -2.87. The standard InChI is InChI=1S/C23H27F3N2O3/c1-15(2)20(28-21(29)19-7-5-4-6-16(19)3)22(30)27-12-17-8-10-18(11-9-17)13-31-14-23(24,25)26/h4-11,15,20H,12-14H2,1-3H3,(H,27,30)(H,28,29). The number of alkyl halides is 3. The molecule has 0 radical (unpaired) electrons. The van der Waals surface area contributed by atoms with Gasteiger partial charge in [-0.15, -0.1) is 0 Å². The average molecular weight is 436 g/mol. The number of rotatable bonds is 9. The van der Waals surface area contributed by atoms with Crippen molar-refractivity contribution in [1.82, 2.24) is 10.6 Å². The molecule has 0 aliphatic heterocycles. The Bertz CT molecular complexity index is 880. The summed E-state index contributed by atoms with van der Waals surface area (Å²) in [7, 11) is 0. The van der Waals surface area contributed by atoms with E-state index in [4.69, 9.17) is 0 Å². The predicted molar refractivity (Wildman–Crippen MR) is 111 cm³/mol. The van der Waals surface area contributed by atoms with Gasteiger partial charge in [0.25, 0.3) is 5.91 Å². The summed E-state index contributed by atoms with van der Waals surface area (Å²) in [5, 5.41) is 5.60. The van der Waals surface area contributed by atoms with E-state index in [1.807, 2.05) is 32.9 Å². The van der Waals surface area contributed by atoms with Crippen LogP contribution in [0.2, 0.25) is 0 Å². The average Bonchev–Trinajstić information content (AvgIpc) is 2.70. The lowest BCUT2D eigenvalue weighted by atomic mass is 10.0. The Morgan fingerprint density at radius 3 is 2.19 bits per heavy atom. The summed E-state index contributed by atoms with van der Waals surface area (Å²) in [6.07, 6.45) is -4.36. The van der Waals surface area contributed by atoms with Crippen molar-refractivity contribution in [3.05, 3.63) is 70.8 Å². The summed E-state index contributed by atoms with van der Waals surface area (Å²) in [6, 6.07) is 13.2. The number of benzene rings is 2. The smallest absolute Gasteiger partial charge is 0.367 e. The Morgan fingerprint density at radius 1 is 1.00 bits per heavy atom. The third kappa shape index (κ3) is 8.05. The summed E-state index contributed by atoms with van der Waals surface area (Å²) >= 11 is 0. The molecule has 8 heteroatoms. The summed E-state index contributed by atoms with van der Waals surface area (Å²) in [6.45, 7) is 4.31. The summed E-state index contributed by atoms with van der Waals surface area (Å²) in [5.41, 5.74) is 2.72. The Labute approximate surface area is 180 Å². The van der Waals surface area contributed by atoms with E-state index in [1.165, 1.54) is 0 Å². The van der Waals surface area contributed by atoms with Gasteiger partial charge in [0, 0.05) is 12.1 Å². The van der Waals surface area contributed by atoms with Crippen LogP contribution < -0.4 is 10.6 Å². The number of aryl methyl sites for hydroxylation is 1. The SMILES string of the molecule is Cc1ccccc1C(=O)NC(C(=O)NCc1ccc(COCC(F)(F)F)cc1)C(C)C. The van der Waals surface area contributed by atoms with Crippen molar-refractivity contribution in [2.75, 3.05) is 6.61 Å². The summed E-state index contributed by atoms with van der Waals surface area (Å²) < 4.78 is 41.0. The second-order valence-corrected chi connectivity index (χ2v) is 7.65. The van der Waals surface area contributed by atoms with Crippen molar-refractivity contribution in [2.45, 2.75) is 46.1 Å². The molecule has 0 saturated carbocycles. The van der Waals surface area contributed by atoms with Gasteiger partial charge >= 0.3 is 6.18 Å². The molecular formula is C23H27F3N2O3. The monoisotopic (exact) mass is 436 g/mol. The zero-order valence-corrected chi connectivity index (χ0v) is 17.8. The molecule has 0 aromatic heterocycles. The molecule has 2 rings (SSSR count). The van der Waals surface area contributed by atoms with E-state index in [2.05, 4.69) is 15.4 Å². The second kappa shape index (κ2) is 10.9. The third-order valence-electron chi connectivity index (χ3n) is 4.65. The fourth-order valence-electron chi connectivity index (χ4n) is 2.92. The van der Waals surface area contributed by atoms with Crippen LogP contribution in [0, 0.1) is 12.8 Å². The van der Waals surface area contributed by atoms with Gasteiger partial charge in [-0.2, -0.15) is 13.2 Å². The topological polar surface area (TPSA) is 67.4 Å². The Morgan fingerprint density at radius 2 is 1.61 bits per heavy atom. The van der Waals surface area contributed by atoms with Gasteiger partial charge in [0.1, 0.15) is 12.6 Å². The highest BCUT2D eigenvalue weighted by atomic mass is 19.4. The number of ether oxygens (including phenoxy) is 1. The van der Waals surface area contributed by atoms with Crippen LogP contribution in [0.25, 0.3) is 0 Å². The maximum Gasteiger partial charge on any atom is 0.411 e. The van der Waals surface area contributed by atoms with Gasteiger partial charge in [0.05, 0.1) is 6.61 Å². The fourth-order valence-corrected chi connectivity index (χ4v) is 2.92. The van der Waals surface area contributed by atoms with Crippen molar-refractivity contribution in [3.8, 4) is 0 Å². The van der Waals surface area contributed by atoms with Gasteiger partial charge in [0.15, 0.2) is 0 Å². The quantitative estimate of drug-likeness (QED) is 0.621. The van der Waals surface area contributed by atoms with Crippen LogP contribution in [0.1, 0.15) is 40.9 Å². The highest BCUT2D eigenvalue weighted by Crippen LogP contribution is 2.16. The lowest BCUT2D eigenvalue weighted by molar-refractivity contribution is -0.176. The number of nitrogens with one attached hydrogen (secondary N) is 2. The molecule has 2 aromatic carbocycles. The highest BCUT2D eigenvalue weighted by Gasteiger charge is 2.27. The molecular weight excluding hydrogens is 409 g/mol. The van der Waals surface area contributed by atoms with Crippen molar-refractivity contribution < 1.29 is 27.5 Å². The maximum absolute atomic E-state index is 12.7. The van der Waals surface area contributed by atoms with E-state index >= 15 is 0 Å². The number of halogens is 3. The molecule has 1 unspecified atom stereocenters. The molecule has 1 atom stereocenters. The number of carbonyl (C=O) groups is 2. The molecule has 2 N–H and O–H groups in total. The van der Waals surface area contributed by atoms with E-state index in [0.717, 1.165) is 11.1 Å². The largest absolute Gasteiger partial charge is 0.411 e. The molecule has 2 aromatic rings.